The van der Waals surface area contributed by atoms with Gasteiger partial charge in [0.05, 0.1) is 44.5 Å². The third-order valence-corrected chi connectivity index (χ3v) is 20.8. The van der Waals surface area contributed by atoms with Gasteiger partial charge in [-0.1, -0.05) is 128 Å². The first-order valence-corrected chi connectivity index (χ1v) is 32.2. The Morgan fingerprint density at radius 1 is 0.395 bits per heavy atom. The Hall–Kier alpha value is -9.98. The van der Waals surface area contributed by atoms with Gasteiger partial charge in [0, 0.05) is 86.0 Å². The zero-order valence-corrected chi connectivity index (χ0v) is 49.1. The van der Waals surface area contributed by atoms with Gasteiger partial charge in [-0.15, -0.1) is 0 Å². The average Bonchev–Trinajstić information content (AvgIpc) is 1.66. The van der Waals surface area contributed by atoms with E-state index in [2.05, 4.69) is 200 Å². The Morgan fingerprint density at radius 3 is 1.31 bits per heavy atom. The van der Waals surface area contributed by atoms with E-state index in [1.54, 1.807) is 0 Å². The highest BCUT2D eigenvalue weighted by Crippen LogP contribution is 2.47. The van der Waals surface area contributed by atoms with Gasteiger partial charge < -0.3 is 20.8 Å². The Labute approximate surface area is 500 Å². The van der Waals surface area contributed by atoms with E-state index in [1.165, 1.54) is 0 Å². The fraction of sp³-hybridized carbons (Fsp3) is 0.130. The Balaban J connectivity index is 0.995. The molecule has 0 N–H and O–H groups in total. The quantitative estimate of drug-likeness (QED) is 0.139. The Morgan fingerprint density at radius 2 is 0.802 bits per heavy atom. The summed E-state index contributed by atoms with van der Waals surface area (Å²) >= 11 is -3.22. The first kappa shape index (κ1) is 49.4. The van der Waals surface area contributed by atoms with E-state index in [0.717, 1.165) is 140 Å². The highest BCUT2D eigenvalue weighted by atomic mass is 35.6. The van der Waals surface area contributed by atoms with Crippen molar-refractivity contribution in [1.82, 2.24) is 35.8 Å². The van der Waals surface area contributed by atoms with Gasteiger partial charge in [-0.3, -0.25) is 4.99 Å². The van der Waals surface area contributed by atoms with E-state index in [4.69, 9.17) is 59.9 Å². The fourth-order valence-electron chi connectivity index (χ4n) is 13.9. The number of imidazole rings is 3. The minimum Gasteiger partial charge on any atom is -0.370 e. The van der Waals surface area contributed by atoms with Crippen LogP contribution in [0.5, 0.6) is 0 Å². The maximum Gasteiger partial charge on any atom is 0.722 e. The summed E-state index contributed by atoms with van der Waals surface area (Å²) in [6.45, 7) is 10.8. The molecule has 1 unspecified atom stereocenters. The van der Waals surface area contributed by atoms with E-state index >= 15 is 0 Å². The minimum absolute atomic E-state index is 0.0585. The Kier molecular flexibility index (Phi) is 10.6. The number of aromatic nitrogens is 8. The lowest BCUT2D eigenvalue weighted by Crippen LogP contribution is -2.43. The number of hydrogen-bond acceptors (Lipinski definition) is 10. The molecule has 6 bridgehead atoms. The molecule has 0 spiro atoms. The molecule has 0 saturated carbocycles. The molecule has 0 amide bonds. The van der Waals surface area contributed by atoms with Crippen molar-refractivity contribution in [2.75, 3.05) is 0 Å². The minimum atomic E-state index is -3.22. The van der Waals surface area contributed by atoms with Gasteiger partial charge in [-0.25, -0.2) is 44.9 Å². The van der Waals surface area contributed by atoms with E-state index in [1.807, 2.05) is 18.2 Å². The van der Waals surface area contributed by atoms with Gasteiger partial charge in [-0.05, 0) is 86.8 Å². The summed E-state index contributed by atoms with van der Waals surface area (Å²) in [6, 6.07) is 59.2. The molecule has 0 fully saturated rings. The zero-order chi connectivity index (χ0) is 57.2. The van der Waals surface area contributed by atoms with Crippen molar-refractivity contribution in [2.24, 2.45) is 34.9 Å². The second-order valence-electron chi connectivity index (χ2n) is 22.4. The average molecular weight is 1150 g/mol. The lowest BCUT2D eigenvalue weighted by molar-refractivity contribution is 0.796. The fourth-order valence-corrected chi connectivity index (χ4v) is 16.8. The maximum atomic E-state index is 8.60. The van der Waals surface area contributed by atoms with Crippen LogP contribution in [0.2, 0.25) is 0 Å². The molecule has 86 heavy (non-hydrogen) atoms. The van der Waals surface area contributed by atoms with Crippen LogP contribution in [-0.2, 0) is 19.6 Å². The van der Waals surface area contributed by atoms with Gasteiger partial charge in [0.25, 0.3) is 0 Å². The first-order valence-electron chi connectivity index (χ1n) is 29.5. The summed E-state index contributed by atoms with van der Waals surface area (Å²) in [5, 5.41) is 3.35. The number of amidine groups is 4. The topological polar surface area (TPSA) is 150 Å². The summed E-state index contributed by atoms with van der Waals surface area (Å²) in [5.74, 6) is 5.97. The zero-order valence-electron chi connectivity index (χ0n) is 47.2. The van der Waals surface area contributed by atoms with Crippen LogP contribution < -0.4 is 11.0 Å². The number of aryl methyl sites for hydroxylation is 3. The van der Waals surface area contributed by atoms with Crippen molar-refractivity contribution in [2.45, 2.75) is 59.7 Å². The lowest BCUT2D eigenvalue weighted by atomic mass is 9.88. The van der Waals surface area contributed by atoms with Crippen LogP contribution in [0.1, 0.15) is 73.4 Å². The van der Waals surface area contributed by atoms with Crippen molar-refractivity contribution >= 4 is 125 Å². The highest BCUT2D eigenvalue weighted by molar-refractivity contribution is 7.05. The molecule has 1 atom stereocenters. The smallest absolute Gasteiger partial charge is 0.370 e. The van der Waals surface area contributed by atoms with Crippen LogP contribution in [0.4, 0.5) is 17.3 Å². The van der Waals surface area contributed by atoms with E-state index < -0.39 is 13.7 Å². The Bertz CT molecular complexity index is 5470. The van der Waals surface area contributed by atoms with Crippen LogP contribution in [0.3, 0.4) is 0 Å². The summed E-state index contributed by atoms with van der Waals surface area (Å²) in [7, 11) is 8.60. The lowest BCUT2D eigenvalue weighted by Gasteiger charge is -2.15. The molecular formula is C69H49AlClN15. The number of aliphatic imine (C=N–C) groups is 5. The van der Waals surface area contributed by atoms with Crippen LogP contribution in [-0.4, -0.2) is 78.5 Å². The molecule has 5 aliphatic heterocycles. The maximum absolute atomic E-state index is 8.60. The van der Waals surface area contributed by atoms with Crippen LogP contribution >= 0.6 is 10.0 Å². The molecule has 10 heterocycles. The summed E-state index contributed by atoms with van der Waals surface area (Å²) in [5.41, 5.74) is 17.2. The summed E-state index contributed by atoms with van der Waals surface area (Å²) < 4.78 is 11.2. The number of halogens is 1. The first-order chi connectivity index (χ1) is 42.3. The monoisotopic (exact) mass is 1150 g/mol. The standard InChI is InChI=1S/C69H49N15.Al.ClH/c1-5-41-42-29-43-44(30-51(42)70-58(41)37-21-13-9-14-22-37)60-74-59(43)75-61-45-31-52-55(82(6-2)67(71-52)38-23-15-10-16-24-38)34-48(45)65(77-61)79-63-47-33-54-57(84(8-4)69(73-54)40-27-19-12-20-28-40)36-50(47)66(81-63)80-62-46-32-53-56(35-49(46)64(76-60)78-62)83(7-3)68(72-53)39-25-17-11-18-26-39;;/h9-36,41H,5-8H2,1-4H3;;1H/q-2;+3;/p-1. The van der Waals surface area contributed by atoms with Crippen molar-refractivity contribution in [3.05, 3.63) is 214 Å². The van der Waals surface area contributed by atoms with Crippen molar-refractivity contribution in [3.63, 3.8) is 0 Å². The van der Waals surface area contributed by atoms with E-state index in [0.29, 0.717) is 65.6 Å². The third kappa shape index (κ3) is 6.97. The molecule has 0 aliphatic carbocycles. The predicted octanol–water partition coefficient (Wildman–Crippen LogP) is 13.9. The number of hydrogen-bond donors (Lipinski definition) is 0. The molecule has 0 radical (unpaired) electrons. The number of rotatable bonds is 8. The highest BCUT2D eigenvalue weighted by Gasteiger charge is 2.40. The predicted molar refractivity (Wildman–Crippen MR) is 346 cm³/mol. The molecule has 13 aromatic rings. The van der Waals surface area contributed by atoms with Gasteiger partial charge in [0.2, 0.25) is 0 Å². The molecule has 17 heteroatoms. The number of fused-ring (bicyclic) bond motifs is 18. The summed E-state index contributed by atoms with van der Waals surface area (Å²) in [4.78, 5) is 55.7. The van der Waals surface area contributed by atoms with Crippen LogP contribution in [0, 0.1) is 0 Å². The van der Waals surface area contributed by atoms with Gasteiger partial charge >= 0.3 is 13.7 Å². The molecule has 8 aromatic carbocycles. The van der Waals surface area contributed by atoms with E-state index in [9.17, 15) is 0 Å². The van der Waals surface area contributed by atoms with Crippen molar-refractivity contribution in [3.8, 4) is 34.2 Å². The van der Waals surface area contributed by atoms with Crippen LogP contribution in [0.15, 0.2) is 205 Å². The largest absolute Gasteiger partial charge is 0.722 e. The molecular weight excluding hydrogens is 1100 g/mol. The molecule has 410 valence electrons. The van der Waals surface area contributed by atoms with E-state index in [-0.39, 0.29) is 5.92 Å². The molecule has 18 rings (SSSR count). The molecule has 15 nitrogen and oxygen atoms in total. The second-order valence-corrected chi connectivity index (χ2v) is 25.2. The van der Waals surface area contributed by atoms with Crippen LogP contribution in [0.25, 0.3) is 88.8 Å². The van der Waals surface area contributed by atoms with Gasteiger partial charge in [-0.2, -0.15) is 10.0 Å². The molecule has 0 saturated heterocycles. The van der Waals surface area contributed by atoms with Crippen molar-refractivity contribution < 1.29 is 0 Å². The summed E-state index contributed by atoms with van der Waals surface area (Å²) in [6.07, 6.45) is 0.861. The molecule has 5 aromatic heterocycles. The van der Waals surface area contributed by atoms with Gasteiger partial charge in [0.15, 0.2) is 23.3 Å². The number of nitrogens with zero attached hydrogens (tertiary/aromatic N) is 15. The van der Waals surface area contributed by atoms with Gasteiger partial charge in [0.1, 0.15) is 40.1 Å². The SMILES string of the molecule is CCC1C(c2ccccc2)=Nc2cc3c(cc21)C1=NC3=Nc2c3cc4c(cc3c3[n]2[Al]([Cl])[n]2c(c5cc6nc(-c7ccccc7)n(CC)c6cc5c2=NC2=NC(=N3)c3cc5c(cc32)nc(-c2ccccc2)n5CC)=N1)nc(-c1ccccc1)n4CC. The second kappa shape index (κ2) is 18.5. The molecule has 5 aliphatic rings. The van der Waals surface area contributed by atoms with Crippen molar-refractivity contribution in [1.29, 1.82) is 0 Å². The normalized spacial score (nSPS) is 15.4. The number of benzene rings is 8. The third-order valence-electron chi connectivity index (χ3n) is 17.8.